The van der Waals surface area contributed by atoms with Crippen LogP contribution in [-0.2, 0) is 10.0 Å². The second-order valence-electron chi connectivity index (χ2n) is 5.74. The van der Waals surface area contributed by atoms with Gasteiger partial charge in [-0.1, -0.05) is 44.5 Å². The van der Waals surface area contributed by atoms with Gasteiger partial charge in [0, 0.05) is 16.8 Å². The first-order valence-corrected chi connectivity index (χ1v) is 9.64. The number of ether oxygens (including phenoxy) is 1. The molecular weight excluding hydrogens is 310 g/mol. The summed E-state index contributed by atoms with van der Waals surface area (Å²) < 4.78 is 33.8. The van der Waals surface area contributed by atoms with Gasteiger partial charge in [-0.25, -0.2) is 13.1 Å². The lowest BCUT2D eigenvalue weighted by molar-refractivity contribution is 0.313. The quantitative estimate of drug-likeness (QED) is 0.739. The van der Waals surface area contributed by atoms with Crippen LogP contribution >= 0.6 is 0 Å². The van der Waals surface area contributed by atoms with Crippen molar-refractivity contribution in [3.05, 3.63) is 36.4 Å². The van der Waals surface area contributed by atoms with Gasteiger partial charge >= 0.3 is 0 Å². The lowest BCUT2D eigenvalue weighted by Crippen LogP contribution is -2.32. The molecule has 1 N–H and O–H groups in total. The van der Waals surface area contributed by atoms with E-state index in [0.29, 0.717) is 16.9 Å². The van der Waals surface area contributed by atoms with Gasteiger partial charge < -0.3 is 4.74 Å². The Kier molecular flexibility index (Phi) is 6.02. The van der Waals surface area contributed by atoms with Gasteiger partial charge in [0.25, 0.3) is 0 Å². The van der Waals surface area contributed by atoms with Gasteiger partial charge in [-0.2, -0.15) is 0 Å². The number of fused-ring (bicyclic) bond motifs is 1. The number of unbranched alkanes of at least 4 members (excludes halogenated alkanes) is 1. The lowest BCUT2D eigenvalue weighted by Gasteiger charge is -2.15. The molecule has 0 radical (unpaired) electrons. The molecule has 1 atom stereocenters. The maximum atomic E-state index is 12.6. The van der Waals surface area contributed by atoms with Crippen LogP contribution < -0.4 is 9.46 Å². The predicted octanol–water partition coefficient (Wildman–Crippen LogP) is 4.10. The highest BCUT2D eigenvalue weighted by molar-refractivity contribution is 7.89. The summed E-state index contributed by atoms with van der Waals surface area (Å²) in [5.74, 6) is 0.733. The topological polar surface area (TPSA) is 55.4 Å². The molecule has 0 aliphatic heterocycles. The van der Waals surface area contributed by atoms with Crippen molar-refractivity contribution in [2.75, 3.05) is 6.61 Å². The van der Waals surface area contributed by atoms with E-state index in [1.807, 2.05) is 38.1 Å². The number of rotatable bonds is 8. The highest BCUT2D eigenvalue weighted by atomic mass is 32.2. The van der Waals surface area contributed by atoms with Crippen molar-refractivity contribution in [2.24, 2.45) is 0 Å². The minimum absolute atomic E-state index is 0.0979. The fraction of sp³-hybridized carbons (Fsp3) is 0.444. The SMILES string of the molecule is CCCCOc1ccc(S(=O)(=O)N[C@H](C)CC)c2ccccc12. The first kappa shape index (κ1) is 17.8. The summed E-state index contributed by atoms with van der Waals surface area (Å²) in [5.41, 5.74) is 0. The molecule has 0 saturated heterocycles. The Hall–Kier alpha value is -1.59. The monoisotopic (exact) mass is 335 g/mol. The third-order valence-corrected chi connectivity index (χ3v) is 5.51. The Morgan fingerprint density at radius 1 is 1.09 bits per heavy atom. The molecule has 126 valence electrons. The number of hydrogen-bond donors (Lipinski definition) is 1. The van der Waals surface area contributed by atoms with E-state index in [-0.39, 0.29) is 6.04 Å². The third-order valence-electron chi connectivity index (χ3n) is 3.86. The molecule has 0 bridgehead atoms. The Balaban J connectivity index is 2.45. The van der Waals surface area contributed by atoms with Crippen LogP contribution in [0.4, 0.5) is 0 Å². The summed E-state index contributed by atoms with van der Waals surface area (Å²) in [6, 6.07) is 10.8. The zero-order valence-electron chi connectivity index (χ0n) is 14.0. The number of hydrogen-bond acceptors (Lipinski definition) is 3. The molecule has 0 unspecified atom stereocenters. The van der Waals surface area contributed by atoms with Crippen LogP contribution in [0.3, 0.4) is 0 Å². The molecule has 0 aliphatic rings. The molecule has 0 heterocycles. The van der Waals surface area contributed by atoms with E-state index in [9.17, 15) is 8.42 Å². The Bertz CT molecular complexity index is 756. The molecule has 2 aromatic rings. The average Bonchev–Trinajstić information content (AvgIpc) is 2.54. The smallest absolute Gasteiger partial charge is 0.241 e. The zero-order chi connectivity index (χ0) is 16.9. The Morgan fingerprint density at radius 2 is 1.78 bits per heavy atom. The second kappa shape index (κ2) is 7.79. The average molecular weight is 335 g/mol. The van der Waals surface area contributed by atoms with Crippen molar-refractivity contribution < 1.29 is 13.2 Å². The fourth-order valence-electron chi connectivity index (χ4n) is 2.34. The summed E-state index contributed by atoms with van der Waals surface area (Å²) in [6.07, 6.45) is 2.78. The normalized spacial score (nSPS) is 13.2. The van der Waals surface area contributed by atoms with Gasteiger partial charge in [0.05, 0.1) is 11.5 Å². The van der Waals surface area contributed by atoms with Crippen molar-refractivity contribution in [3.63, 3.8) is 0 Å². The van der Waals surface area contributed by atoms with Gasteiger partial charge in [0.2, 0.25) is 10.0 Å². The highest BCUT2D eigenvalue weighted by Crippen LogP contribution is 2.31. The lowest BCUT2D eigenvalue weighted by atomic mass is 10.1. The highest BCUT2D eigenvalue weighted by Gasteiger charge is 2.20. The van der Waals surface area contributed by atoms with Crippen LogP contribution in [0.1, 0.15) is 40.0 Å². The zero-order valence-corrected chi connectivity index (χ0v) is 14.8. The fourth-order valence-corrected chi connectivity index (χ4v) is 3.88. The maximum absolute atomic E-state index is 12.6. The molecule has 0 spiro atoms. The molecule has 2 aromatic carbocycles. The van der Waals surface area contributed by atoms with Crippen LogP contribution in [0, 0.1) is 0 Å². The van der Waals surface area contributed by atoms with Gasteiger partial charge in [-0.05, 0) is 31.9 Å². The molecule has 2 rings (SSSR count). The first-order valence-electron chi connectivity index (χ1n) is 8.16. The Morgan fingerprint density at radius 3 is 2.43 bits per heavy atom. The van der Waals surface area contributed by atoms with Crippen molar-refractivity contribution in [1.82, 2.24) is 4.72 Å². The van der Waals surface area contributed by atoms with Gasteiger partial charge in [0.1, 0.15) is 5.75 Å². The van der Waals surface area contributed by atoms with E-state index in [1.54, 1.807) is 12.1 Å². The van der Waals surface area contributed by atoms with E-state index in [4.69, 9.17) is 4.74 Å². The molecule has 0 fully saturated rings. The van der Waals surface area contributed by atoms with Crippen molar-refractivity contribution >= 4 is 20.8 Å². The van der Waals surface area contributed by atoms with Crippen LogP contribution in [0.15, 0.2) is 41.3 Å². The number of nitrogens with one attached hydrogen (secondary N) is 1. The van der Waals surface area contributed by atoms with Crippen LogP contribution in [0.2, 0.25) is 0 Å². The van der Waals surface area contributed by atoms with E-state index in [1.165, 1.54) is 0 Å². The van der Waals surface area contributed by atoms with Crippen LogP contribution in [0.25, 0.3) is 10.8 Å². The Labute approximate surface area is 138 Å². The number of benzene rings is 2. The minimum atomic E-state index is -3.55. The summed E-state index contributed by atoms with van der Waals surface area (Å²) in [5, 5.41) is 1.52. The molecule has 5 heteroatoms. The molecular formula is C18H25NO3S. The standard InChI is InChI=1S/C18H25NO3S/c1-4-6-13-22-17-11-12-18(16-10-8-7-9-15(16)17)23(20,21)19-14(3)5-2/h7-12,14,19H,4-6,13H2,1-3H3/t14-/m1/s1. The van der Waals surface area contributed by atoms with E-state index in [0.717, 1.165) is 30.4 Å². The van der Waals surface area contributed by atoms with Gasteiger partial charge in [0.15, 0.2) is 0 Å². The van der Waals surface area contributed by atoms with E-state index < -0.39 is 10.0 Å². The predicted molar refractivity (Wildman–Crippen MR) is 94.4 cm³/mol. The largest absolute Gasteiger partial charge is 0.493 e. The molecule has 4 nitrogen and oxygen atoms in total. The summed E-state index contributed by atoms with van der Waals surface area (Å²) >= 11 is 0. The molecule has 23 heavy (non-hydrogen) atoms. The first-order chi connectivity index (χ1) is 11.0. The third kappa shape index (κ3) is 4.24. The molecule has 0 aromatic heterocycles. The van der Waals surface area contributed by atoms with E-state index >= 15 is 0 Å². The maximum Gasteiger partial charge on any atom is 0.241 e. The van der Waals surface area contributed by atoms with Gasteiger partial charge in [-0.3, -0.25) is 0 Å². The van der Waals surface area contributed by atoms with E-state index in [2.05, 4.69) is 11.6 Å². The number of sulfonamides is 1. The summed E-state index contributed by atoms with van der Waals surface area (Å²) in [4.78, 5) is 0.302. The molecule has 0 amide bonds. The van der Waals surface area contributed by atoms with Crippen molar-refractivity contribution in [3.8, 4) is 5.75 Å². The molecule has 0 aliphatic carbocycles. The van der Waals surface area contributed by atoms with Crippen molar-refractivity contribution in [1.29, 1.82) is 0 Å². The van der Waals surface area contributed by atoms with Crippen LogP contribution in [0.5, 0.6) is 5.75 Å². The van der Waals surface area contributed by atoms with Crippen molar-refractivity contribution in [2.45, 2.75) is 51.0 Å². The van der Waals surface area contributed by atoms with Crippen LogP contribution in [-0.4, -0.2) is 21.1 Å². The minimum Gasteiger partial charge on any atom is -0.493 e. The summed E-state index contributed by atoms with van der Waals surface area (Å²) in [6.45, 7) is 6.56. The summed E-state index contributed by atoms with van der Waals surface area (Å²) in [7, 11) is -3.55. The van der Waals surface area contributed by atoms with Gasteiger partial charge in [-0.15, -0.1) is 0 Å². The second-order valence-corrected chi connectivity index (χ2v) is 7.42. The molecule has 0 saturated carbocycles.